The molecule has 0 unspecified atom stereocenters. The molecule has 0 fully saturated rings. The smallest absolute Gasteiger partial charge is 0.270 e. The summed E-state index contributed by atoms with van der Waals surface area (Å²) >= 11 is 3.51. The van der Waals surface area contributed by atoms with E-state index in [4.69, 9.17) is 0 Å². The van der Waals surface area contributed by atoms with Crippen LogP contribution < -0.4 is 10.6 Å². The lowest BCUT2D eigenvalue weighted by Crippen LogP contribution is -2.31. The summed E-state index contributed by atoms with van der Waals surface area (Å²) in [4.78, 5) is 20.7. The van der Waals surface area contributed by atoms with E-state index in [1.807, 2.05) is 45.9 Å². The molecule has 2 rings (SSSR count). The number of hydrogen-bond donors (Lipinski definition) is 2. The molecule has 0 aliphatic carbocycles. The van der Waals surface area contributed by atoms with Crippen LogP contribution in [0.3, 0.4) is 0 Å². The number of carbonyl (C=O) groups is 1. The second kappa shape index (κ2) is 6.87. The summed E-state index contributed by atoms with van der Waals surface area (Å²) in [6.45, 7) is 7.68. The molecule has 1 aromatic carbocycles. The van der Waals surface area contributed by atoms with Gasteiger partial charge in [-0.15, -0.1) is 0 Å². The number of carbonyl (C=O) groups excluding carboxylic acids is 1. The quantitative estimate of drug-likeness (QED) is 0.869. The fourth-order valence-electron chi connectivity index (χ4n) is 1.92. The number of amides is 1. The summed E-state index contributed by atoms with van der Waals surface area (Å²) < 4.78 is 0.922. The van der Waals surface area contributed by atoms with Gasteiger partial charge in [-0.05, 0) is 67.4 Å². The van der Waals surface area contributed by atoms with E-state index in [1.54, 1.807) is 6.07 Å². The van der Waals surface area contributed by atoms with Crippen LogP contribution in [0.5, 0.6) is 0 Å². The lowest BCUT2D eigenvalue weighted by atomic mass is 10.2. The van der Waals surface area contributed by atoms with Gasteiger partial charge in [0.15, 0.2) is 0 Å². The Labute approximate surface area is 138 Å². The first-order valence-corrected chi connectivity index (χ1v) is 7.84. The van der Waals surface area contributed by atoms with Crippen molar-refractivity contribution in [3.8, 4) is 0 Å². The largest absolute Gasteiger partial charge is 0.349 e. The van der Waals surface area contributed by atoms with Crippen LogP contribution in [0.25, 0.3) is 0 Å². The van der Waals surface area contributed by atoms with Crippen molar-refractivity contribution in [1.82, 2.24) is 15.3 Å². The lowest BCUT2D eigenvalue weighted by molar-refractivity contribution is 0.0938. The van der Waals surface area contributed by atoms with Crippen molar-refractivity contribution < 1.29 is 4.79 Å². The molecule has 1 heterocycles. The van der Waals surface area contributed by atoms with Gasteiger partial charge in [-0.3, -0.25) is 4.79 Å². The van der Waals surface area contributed by atoms with Crippen LogP contribution in [0.2, 0.25) is 0 Å². The predicted molar refractivity (Wildman–Crippen MR) is 91.5 cm³/mol. The fraction of sp³-hybridized carbons (Fsp3) is 0.312. The van der Waals surface area contributed by atoms with Crippen molar-refractivity contribution in [1.29, 1.82) is 0 Å². The standard InChI is InChI=1S/C16H19BrN4O/c1-9(2)18-15(22)14-8-11(4)19-16(21-14)20-13-6-5-10(3)7-12(13)17/h5-9H,1-4H3,(H,18,22)(H,19,20,21). The van der Waals surface area contributed by atoms with Gasteiger partial charge < -0.3 is 10.6 Å². The molecule has 0 aliphatic rings. The number of benzene rings is 1. The Balaban J connectivity index is 2.28. The van der Waals surface area contributed by atoms with Gasteiger partial charge in [0.25, 0.3) is 5.91 Å². The van der Waals surface area contributed by atoms with E-state index in [9.17, 15) is 4.79 Å². The normalized spacial score (nSPS) is 10.6. The zero-order valence-corrected chi connectivity index (χ0v) is 14.7. The van der Waals surface area contributed by atoms with Crippen molar-refractivity contribution >= 4 is 33.5 Å². The first-order chi connectivity index (χ1) is 10.3. The number of anilines is 2. The van der Waals surface area contributed by atoms with Crippen LogP contribution in [-0.4, -0.2) is 21.9 Å². The third kappa shape index (κ3) is 4.27. The van der Waals surface area contributed by atoms with Crippen LogP contribution in [0, 0.1) is 13.8 Å². The highest BCUT2D eigenvalue weighted by Gasteiger charge is 2.12. The number of nitrogens with zero attached hydrogens (tertiary/aromatic N) is 2. The Morgan fingerprint density at radius 3 is 2.55 bits per heavy atom. The highest BCUT2D eigenvalue weighted by Crippen LogP contribution is 2.25. The molecule has 1 aromatic heterocycles. The van der Waals surface area contributed by atoms with Crippen LogP contribution in [0.15, 0.2) is 28.7 Å². The predicted octanol–water partition coefficient (Wildman–Crippen LogP) is 3.74. The fourth-order valence-corrected chi connectivity index (χ4v) is 2.51. The molecule has 0 bridgehead atoms. The molecular weight excluding hydrogens is 344 g/mol. The van der Waals surface area contributed by atoms with Gasteiger partial charge in [-0.1, -0.05) is 6.07 Å². The van der Waals surface area contributed by atoms with Gasteiger partial charge >= 0.3 is 0 Å². The maximum Gasteiger partial charge on any atom is 0.270 e. The summed E-state index contributed by atoms with van der Waals surface area (Å²) in [6, 6.07) is 7.68. The second-order valence-corrected chi connectivity index (χ2v) is 6.31. The Hall–Kier alpha value is -1.95. The van der Waals surface area contributed by atoms with Crippen molar-refractivity contribution in [3.05, 3.63) is 45.7 Å². The molecule has 0 saturated heterocycles. The number of rotatable bonds is 4. The third-order valence-electron chi connectivity index (χ3n) is 2.88. The maximum absolute atomic E-state index is 12.1. The molecule has 2 aromatic rings. The molecule has 2 N–H and O–H groups in total. The van der Waals surface area contributed by atoms with E-state index in [-0.39, 0.29) is 11.9 Å². The molecule has 0 atom stereocenters. The minimum Gasteiger partial charge on any atom is -0.349 e. The summed E-state index contributed by atoms with van der Waals surface area (Å²) in [5.41, 5.74) is 3.09. The number of hydrogen-bond acceptors (Lipinski definition) is 4. The molecule has 0 spiro atoms. The van der Waals surface area contributed by atoms with E-state index in [0.29, 0.717) is 11.6 Å². The first kappa shape index (κ1) is 16.4. The van der Waals surface area contributed by atoms with E-state index in [0.717, 1.165) is 21.4 Å². The van der Waals surface area contributed by atoms with Gasteiger partial charge in [0.2, 0.25) is 5.95 Å². The summed E-state index contributed by atoms with van der Waals surface area (Å²) in [7, 11) is 0. The molecule has 1 amide bonds. The average molecular weight is 363 g/mol. The van der Waals surface area contributed by atoms with Gasteiger partial charge in [-0.25, -0.2) is 9.97 Å². The van der Waals surface area contributed by atoms with Gasteiger partial charge in [0, 0.05) is 16.2 Å². The number of aryl methyl sites for hydroxylation is 2. The highest BCUT2D eigenvalue weighted by molar-refractivity contribution is 9.10. The molecule has 6 heteroatoms. The van der Waals surface area contributed by atoms with Crippen molar-refractivity contribution in [2.45, 2.75) is 33.7 Å². The van der Waals surface area contributed by atoms with E-state index >= 15 is 0 Å². The highest BCUT2D eigenvalue weighted by atomic mass is 79.9. The Bertz CT molecular complexity index is 701. The summed E-state index contributed by atoms with van der Waals surface area (Å²) in [5, 5.41) is 5.97. The SMILES string of the molecule is Cc1ccc(Nc2nc(C)cc(C(=O)NC(C)C)n2)c(Br)c1. The Morgan fingerprint density at radius 2 is 1.91 bits per heavy atom. The summed E-state index contributed by atoms with van der Waals surface area (Å²) in [6.07, 6.45) is 0. The van der Waals surface area contributed by atoms with E-state index in [2.05, 4.69) is 36.5 Å². The molecule has 0 aliphatic heterocycles. The minimum absolute atomic E-state index is 0.0606. The molecular formula is C16H19BrN4O. The zero-order valence-electron chi connectivity index (χ0n) is 13.1. The molecule has 0 saturated carbocycles. The molecule has 116 valence electrons. The van der Waals surface area contributed by atoms with Crippen molar-refractivity contribution in [3.63, 3.8) is 0 Å². The molecule has 5 nitrogen and oxygen atoms in total. The topological polar surface area (TPSA) is 66.9 Å². The van der Waals surface area contributed by atoms with E-state index < -0.39 is 0 Å². The monoisotopic (exact) mass is 362 g/mol. The molecule has 0 radical (unpaired) electrons. The molecule has 22 heavy (non-hydrogen) atoms. The number of halogens is 1. The Kier molecular flexibility index (Phi) is 5.13. The zero-order chi connectivity index (χ0) is 16.3. The maximum atomic E-state index is 12.1. The first-order valence-electron chi connectivity index (χ1n) is 7.05. The Morgan fingerprint density at radius 1 is 1.18 bits per heavy atom. The average Bonchev–Trinajstić information content (AvgIpc) is 2.40. The lowest BCUT2D eigenvalue weighted by Gasteiger charge is -2.11. The van der Waals surface area contributed by atoms with Crippen LogP contribution >= 0.6 is 15.9 Å². The van der Waals surface area contributed by atoms with Crippen LogP contribution in [0.4, 0.5) is 11.6 Å². The minimum atomic E-state index is -0.202. The second-order valence-electron chi connectivity index (χ2n) is 5.45. The van der Waals surface area contributed by atoms with Crippen molar-refractivity contribution in [2.75, 3.05) is 5.32 Å². The van der Waals surface area contributed by atoms with Gasteiger partial charge in [0.1, 0.15) is 5.69 Å². The van der Waals surface area contributed by atoms with Crippen LogP contribution in [0.1, 0.15) is 35.6 Å². The summed E-state index contributed by atoms with van der Waals surface area (Å²) in [5.74, 6) is 0.199. The third-order valence-corrected chi connectivity index (χ3v) is 3.53. The van der Waals surface area contributed by atoms with Crippen molar-refractivity contribution in [2.24, 2.45) is 0 Å². The van der Waals surface area contributed by atoms with E-state index in [1.165, 1.54) is 0 Å². The van der Waals surface area contributed by atoms with Gasteiger partial charge in [-0.2, -0.15) is 0 Å². The van der Waals surface area contributed by atoms with Crippen LogP contribution in [-0.2, 0) is 0 Å². The van der Waals surface area contributed by atoms with Gasteiger partial charge in [0.05, 0.1) is 5.69 Å². The number of aromatic nitrogens is 2. The number of nitrogens with one attached hydrogen (secondary N) is 2.